The summed E-state index contributed by atoms with van der Waals surface area (Å²) in [6.45, 7) is 1.34. The van der Waals surface area contributed by atoms with Gasteiger partial charge in [0.2, 0.25) is 5.91 Å². The second kappa shape index (κ2) is 7.30. The number of hydrogen-bond donors (Lipinski definition) is 2. The Balaban J connectivity index is 1.24. The molecule has 0 spiro atoms. The number of carbonyl (C=O) groups is 1. The Morgan fingerprint density at radius 3 is 3.12 bits per heavy atom. The highest BCUT2D eigenvalue weighted by Gasteiger charge is 2.21. The maximum Gasteiger partial charge on any atom is 0.220 e. The first-order chi connectivity index (χ1) is 12.3. The van der Waals surface area contributed by atoms with Crippen molar-refractivity contribution in [1.82, 2.24) is 15.5 Å². The molecule has 0 saturated heterocycles. The second-order valence-corrected chi connectivity index (χ2v) is 7.13. The summed E-state index contributed by atoms with van der Waals surface area (Å²) in [6, 6.07) is 8.14. The quantitative estimate of drug-likeness (QED) is 0.880. The summed E-state index contributed by atoms with van der Waals surface area (Å²) in [6.07, 6.45) is 6.85. The van der Waals surface area contributed by atoms with E-state index in [9.17, 15) is 4.79 Å². The molecule has 0 fully saturated rings. The number of rotatable bonds is 5. The summed E-state index contributed by atoms with van der Waals surface area (Å²) in [5, 5.41) is 10.6. The Morgan fingerprint density at radius 1 is 1.28 bits per heavy atom. The average molecular weight is 339 g/mol. The second-order valence-electron chi connectivity index (χ2n) is 7.13. The molecule has 1 aromatic heterocycles. The van der Waals surface area contributed by atoms with E-state index in [4.69, 9.17) is 4.74 Å². The average Bonchev–Trinajstić information content (AvgIpc) is 3.08. The number of carbonyl (C=O) groups excluding carboxylic acids is 1. The molecule has 1 aliphatic carbocycles. The van der Waals surface area contributed by atoms with Crippen LogP contribution in [0, 0.1) is 5.92 Å². The highest BCUT2D eigenvalue weighted by atomic mass is 16.5. The van der Waals surface area contributed by atoms with E-state index in [-0.39, 0.29) is 5.91 Å². The van der Waals surface area contributed by atoms with Gasteiger partial charge in [-0.2, -0.15) is 5.10 Å². The van der Waals surface area contributed by atoms with E-state index in [1.165, 1.54) is 29.7 Å². The zero-order valence-electron chi connectivity index (χ0n) is 14.5. The van der Waals surface area contributed by atoms with Gasteiger partial charge in [0.05, 0.1) is 12.3 Å². The highest BCUT2D eigenvalue weighted by molar-refractivity contribution is 5.76. The van der Waals surface area contributed by atoms with E-state index in [1.807, 2.05) is 18.2 Å². The molecule has 2 aromatic rings. The Hall–Kier alpha value is -2.30. The summed E-state index contributed by atoms with van der Waals surface area (Å²) in [7, 11) is 0. The third-order valence-electron chi connectivity index (χ3n) is 5.27. The number of hydrogen-bond acceptors (Lipinski definition) is 3. The molecule has 0 bridgehead atoms. The van der Waals surface area contributed by atoms with Gasteiger partial charge in [0.1, 0.15) is 5.75 Å². The van der Waals surface area contributed by atoms with E-state index in [1.54, 1.807) is 0 Å². The van der Waals surface area contributed by atoms with Crippen LogP contribution in [0.1, 0.15) is 41.8 Å². The molecule has 2 heterocycles. The lowest BCUT2D eigenvalue weighted by Crippen LogP contribution is -2.34. The lowest BCUT2D eigenvalue weighted by atomic mass is 9.94. The molecule has 4 rings (SSSR count). The van der Waals surface area contributed by atoms with Crippen LogP contribution >= 0.6 is 0 Å². The van der Waals surface area contributed by atoms with E-state index >= 15 is 0 Å². The molecule has 2 aliphatic rings. The number of ether oxygens (including phenoxy) is 1. The van der Waals surface area contributed by atoms with Gasteiger partial charge in [-0.3, -0.25) is 9.89 Å². The van der Waals surface area contributed by atoms with Gasteiger partial charge >= 0.3 is 0 Å². The minimum Gasteiger partial charge on any atom is -0.493 e. The molecule has 5 nitrogen and oxygen atoms in total. The molecule has 1 atom stereocenters. The molecular formula is C20H25N3O2. The minimum absolute atomic E-state index is 0.103. The standard InChI is InChI=1S/C20H25N3O2/c24-20(10-9-18-16-6-2-3-7-17(16)22-23-18)21-12-14-11-15-5-1-4-8-19(15)25-13-14/h1,4-5,8,14H,2-3,6-7,9-13H2,(H,21,24)(H,22,23)/t14-/m1/s1. The van der Waals surface area contributed by atoms with Crippen LogP contribution in [0.2, 0.25) is 0 Å². The van der Waals surface area contributed by atoms with Crippen molar-refractivity contribution < 1.29 is 9.53 Å². The largest absolute Gasteiger partial charge is 0.493 e. The maximum absolute atomic E-state index is 12.2. The van der Waals surface area contributed by atoms with Gasteiger partial charge in [-0.05, 0) is 49.3 Å². The molecule has 1 aromatic carbocycles. The smallest absolute Gasteiger partial charge is 0.220 e. The van der Waals surface area contributed by atoms with Crippen molar-refractivity contribution in [2.24, 2.45) is 5.92 Å². The number of benzene rings is 1. The first-order valence-electron chi connectivity index (χ1n) is 9.32. The van der Waals surface area contributed by atoms with Crippen molar-refractivity contribution in [2.45, 2.75) is 44.9 Å². The Labute approximate surface area is 148 Å². The van der Waals surface area contributed by atoms with Crippen molar-refractivity contribution in [3.05, 3.63) is 46.8 Å². The maximum atomic E-state index is 12.2. The van der Waals surface area contributed by atoms with Crippen molar-refractivity contribution in [3.63, 3.8) is 0 Å². The van der Waals surface area contributed by atoms with E-state index < -0.39 is 0 Å². The van der Waals surface area contributed by atoms with Gasteiger partial charge in [0.15, 0.2) is 0 Å². The van der Waals surface area contributed by atoms with Crippen LogP contribution in [0.5, 0.6) is 5.75 Å². The van der Waals surface area contributed by atoms with Crippen molar-refractivity contribution >= 4 is 5.91 Å². The zero-order chi connectivity index (χ0) is 17.1. The molecule has 1 amide bonds. The number of nitrogens with one attached hydrogen (secondary N) is 2. The topological polar surface area (TPSA) is 67.0 Å². The summed E-state index contributed by atoms with van der Waals surface area (Å²) in [4.78, 5) is 12.2. The van der Waals surface area contributed by atoms with Crippen molar-refractivity contribution in [3.8, 4) is 5.75 Å². The molecule has 2 N–H and O–H groups in total. The molecular weight excluding hydrogens is 314 g/mol. The first-order valence-corrected chi connectivity index (χ1v) is 9.32. The SMILES string of the molecule is O=C(CCc1n[nH]c2c1CCCC2)NC[C@@H]1COc2ccccc2C1. The van der Waals surface area contributed by atoms with E-state index in [2.05, 4.69) is 21.6 Å². The fourth-order valence-electron chi connectivity index (χ4n) is 3.86. The first kappa shape index (κ1) is 16.2. The van der Waals surface area contributed by atoms with Gasteiger partial charge in [-0.25, -0.2) is 0 Å². The number of fused-ring (bicyclic) bond motifs is 2. The lowest BCUT2D eigenvalue weighted by Gasteiger charge is -2.25. The van der Waals surface area contributed by atoms with Crippen LogP contribution < -0.4 is 10.1 Å². The number of aryl methyl sites for hydroxylation is 2. The number of aromatic amines is 1. The fraction of sp³-hybridized carbons (Fsp3) is 0.500. The van der Waals surface area contributed by atoms with Crippen LogP contribution in [0.3, 0.4) is 0 Å². The zero-order valence-corrected chi connectivity index (χ0v) is 14.5. The molecule has 132 valence electrons. The van der Waals surface area contributed by atoms with E-state index in [0.717, 1.165) is 37.1 Å². The molecule has 0 saturated carbocycles. The molecule has 25 heavy (non-hydrogen) atoms. The number of H-pyrrole nitrogens is 1. The molecule has 0 radical (unpaired) electrons. The predicted molar refractivity (Wildman–Crippen MR) is 95.7 cm³/mol. The van der Waals surface area contributed by atoms with E-state index in [0.29, 0.717) is 25.5 Å². The fourth-order valence-corrected chi connectivity index (χ4v) is 3.86. The number of nitrogens with zero attached hydrogens (tertiary/aromatic N) is 1. The number of para-hydroxylation sites is 1. The highest BCUT2D eigenvalue weighted by Crippen LogP contribution is 2.26. The normalized spacial score (nSPS) is 18.8. The van der Waals surface area contributed by atoms with Gasteiger partial charge in [-0.15, -0.1) is 0 Å². The van der Waals surface area contributed by atoms with Crippen LogP contribution in [0.15, 0.2) is 24.3 Å². The summed E-state index contributed by atoms with van der Waals surface area (Å²) in [5.41, 5.74) is 4.95. The Kier molecular flexibility index (Phi) is 4.72. The molecule has 5 heteroatoms. The summed E-state index contributed by atoms with van der Waals surface area (Å²) < 4.78 is 5.78. The third-order valence-corrected chi connectivity index (χ3v) is 5.27. The molecule has 0 unspecified atom stereocenters. The van der Waals surface area contributed by atoms with Gasteiger partial charge in [0, 0.05) is 31.0 Å². The van der Waals surface area contributed by atoms with Crippen LogP contribution in [-0.4, -0.2) is 29.3 Å². The van der Waals surface area contributed by atoms with Gasteiger partial charge in [-0.1, -0.05) is 18.2 Å². The lowest BCUT2D eigenvalue weighted by molar-refractivity contribution is -0.121. The summed E-state index contributed by atoms with van der Waals surface area (Å²) in [5.74, 6) is 1.43. The third kappa shape index (κ3) is 3.70. The number of aromatic nitrogens is 2. The van der Waals surface area contributed by atoms with Crippen molar-refractivity contribution in [1.29, 1.82) is 0 Å². The van der Waals surface area contributed by atoms with Crippen LogP contribution in [0.4, 0.5) is 0 Å². The molecule has 1 aliphatic heterocycles. The Bertz CT molecular complexity index is 753. The van der Waals surface area contributed by atoms with Crippen molar-refractivity contribution in [2.75, 3.05) is 13.2 Å². The predicted octanol–water partition coefficient (Wildman–Crippen LogP) is 2.59. The van der Waals surface area contributed by atoms with Gasteiger partial charge < -0.3 is 10.1 Å². The summed E-state index contributed by atoms with van der Waals surface area (Å²) >= 11 is 0. The minimum atomic E-state index is 0.103. The van der Waals surface area contributed by atoms with Crippen LogP contribution in [-0.2, 0) is 30.5 Å². The number of amides is 1. The van der Waals surface area contributed by atoms with Gasteiger partial charge in [0.25, 0.3) is 0 Å². The van der Waals surface area contributed by atoms with Crippen LogP contribution in [0.25, 0.3) is 0 Å². The Morgan fingerprint density at radius 2 is 2.16 bits per heavy atom. The monoisotopic (exact) mass is 339 g/mol.